The Morgan fingerprint density at radius 3 is 2.96 bits per heavy atom. The SMILES string of the molecule is COCC1(C(N)=O)CCCN1C(=O)c1cc2nc(C)ccc2o1. The third-order valence-corrected chi connectivity index (χ3v) is 4.30. The monoisotopic (exact) mass is 317 g/mol. The molecule has 2 aromatic heterocycles. The van der Waals surface area contributed by atoms with Crippen molar-refractivity contribution in [3.8, 4) is 0 Å². The average Bonchev–Trinajstić information content (AvgIpc) is 3.11. The fourth-order valence-corrected chi connectivity index (χ4v) is 3.15. The molecule has 1 saturated heterocycles. The number of ether oxygens (including phenoxy) is 1. The number of amides is 2. The van der Waals surface area contributed by atoms with Crippen molar-refractivity contribution in [3.63, 3.8) is 0 Å². The molecule has 122 valence electrons. The van der Waals surface area contributed by atoms with Crippen LogP contribution in [0.25, 0.3) is 11.1 Å². The van der Waals surface area contributed by atoms with Crippen LogP contribution in [-0.2, 0) is 9.53 Å². The standard InChI is InChI=1S/C16H19N3O4/c1-10-4-5-12-11(18-10)8-13(23-12)14(20)19-7-3-6-16(19,9-22-2)15(17)21/h4-5,8H,3,6-7,9H2,1-2H3,(H2,17,21). The molecule has 0 aromatic carbocycles. The molecule has 2 N–H and O–H groups in total. The van der Waals surface area contributed by atoms with E-state index in [0.29, 0.717) is 30.5 Å². The number of hydrogen-bond acceptors (Lipinski definition) is 5. The van der Waals surface area contributed by atoms with Gasteiger partial charge in [0.25, 0.3) is 5.91 Å². The molecule has 0 saturated carbocycles. The third-order valence-electron chi connectivity index (χ3n) is 4.30. The minimum absolute atomic E-state index is 0.0751. The molecule has 0 spiro atoms. The molecule has 0 bridgehead atoms. The van der Waals surface area contributed by atoms with Gasteiger partial charge in [0.2, 0.25) is 5.91 Å². The third kappa shape index (κ3) is 2.46. The smallest absolute Gasteiger partial charge is 0.290 e. The Kier molecular flexibility index (Phi) is 3.81. The van der Waals surface area contributed by atoms with Crippen molar-refractivity contribution >= 4 is 22.9 Å². The van der Waals surface area contributed by atoms with E-state index in [-0.39, 0.29) is 18.3 Å². The highest BCUT2D eigenvalue weighted by molar-refractivity contribution is 5.99. The summed E-state index contributed by atoms with van der Waals surface area (Å²) in [5.41, 5.74) is 6.44. The summed E-state index contributed by atoms with van der Waals surface area (Å²) >= 11 is 0. The van der Waals surface area contributed by atoms with Gasteiger partial charge in [-0.05, 0) is 31.9 Å². The number of methoxy groups -OCH3 is 1. The molecule has 0 aliphatic carbocycles. The van der Waals surface area contributed by atoms with Gasteiger partial charge in [-0.15, -0.1) is 0 Å². The largest absolute Gasteiger partial charge is 0.449 e. The number of aryl methyl sites for hydroxylation is 1. The maximum absolute atomic E-state index is 12.8. The highest BCUT2D eigenvalue weighted by atomic mass is 16.5. The second kappa shape index (κ2) is 5.66. The zero-order valence-corrected chi connectivity index (χ0v) is 13.2. The van der Waals surface area contributed by atoms with Crippen LogP contribution in [0.15, 0.2) is 22.6 Å². The number of nitrogens with two attached hydrogens (primary N) is 1. The van der Waals surface area contributed by atoms with Crippen molar-refractivity contribution in [1.29, 1.82) is 0 Å². The number of furan rings is 1. The molecule has 1 atom stereocenters. The van der Waals surface area contributed by atoms with Crippen LogP contribution in [0.4, 0.5) is 0 Å². The maximum Gasteiger partial charge on any atom is 0.290 e. The molecule has 0 radical (unpaired) electrons. The Balaban J connectivity index is 1.98. The van der Waals surface area contributed by atoms with Gasteiger partial charge in [-0.1, -0.05) is 0 Å². The summed E-state index contributed by atoms with van der Waals surface area (Å²) < 4.78 is 10.7. The number of carbonyl (C=O) groups is 2. The number of fused-ring (bicyclic) bond motifs is 1. The zero-order valence-electron chi connectivity index (χ0n) is 13.2. The van der Waals surface area contributed by atoms with E-state index in [1.54, 1.807) is 12.1 Å². The van der Waals surface area contributed by atoms with Crippen molar-refractivity contribution in [1.82, 2.24) is 9.88 Å². The number of likely N-dealkylation sites (tertiary alicyclic amines) is 1. The van der Waals surface area contributed by atoms with Crippen molar-refractivity contribution in [2.24, 2.45) is 5.73 Å². The summed E-state index contributed by atoms with van der Waals surface area (Å²) in [6, 6.07) is 5.19. The van der Waals surface area contributed by atoms with E-state index in [4.69, 9.17) is 14.9 Å². The Morgan fingerprint density at radius 2 is 2.26 bits per heavy atom. The predicted octanol–water partition coefficient (Wildman–Crippen LogP) is 1.24. The Bertz CT molecular complexity index is 770. The fourth-order valence-electron chi connectivity index (χ4n) is 3.15. The van der Waals surface area contributed by atoms with Gasteiger partial charge in [-0.2, -0.15) is 0 Å². The van der Waals surface area contributed by atoms with Gasteiger partial charge < -0.3 is 19.8 Å². The molecule has 7 heteroatoms. The molecule has 1 aliphatic heterocycles. The molecule has 23 heavy (non-hydrogen) atoms. The minimum atomic E-state index is -1.12. The lowest BCUT2D eigenvalue weighted by molar-refractivity contribution is -0.130. The van der Waals surface area contributed by atoms with Crippen LogP contribution in [0.5, 0.6) is 0 Å². The molecule has 1 fully saturated rings. The van der Waals surface area contributed by atoms with E-state index in [1.807, 2.05) is 13.0 Å². The molecule has 7 nitrogen and oxygen atoms in total. The first kappa shape index (κ1) is 15.5. The Hall–Kier alpha value is -2.41. The van der Waals surface area contributed by atoms with Gasteiger partial charge in [-0.3, -0.25) is 9.59 Å². The average molecular weight is 317 g/mol. The summed E-state index contributed by atoms with van der Waals surface area (Å²) in [6.45, 7) is 2.38. The van der Waals surface area contributed by atoms with Gasteiger partial charge in [0.1, 0.15) is 11.1 Å². The lowest BCUT2D eigenvalue weighted by atomic mass is 9.96. The zero-order chi connectivity index (χ0) is 16.6. The summed E-state index contributed by atoms with van der Waals surface area (Å²) in [5.74, 6) is -0.772. The summed E-state index contributed by atoms with van der Waals surface area (Å²) in [7, 11) is 1.49. The number of pyridine rings is 1. The van der Waals surface area contributed by atoms with Crippen LogP contribution in [0.3, 0.4) is 0 Å². The highest BCUT2D eigenvalue weighted by Gasteiger charge is 2.49. The van der Waals surface area contributed by atoms with E-state index < -0.39 is 11.4 Å². The number of rotatable bonds is 4. The maximum atomic E-state index is 12.8. The molecular formula is C16H19N3O4. The first-order chi connectivity index (χ1) is 11.0. The predicted molar refractivity (Wildman–Crippen MR) is 82.8 cm³/mol. The van der Waals surface area contributed by atoms with Gasteiger partial charge in [-0.25, -0.2) is 4.98 Å². The van der Waals surface area contributed by atoms with Gasteiger partial charge >= 0.3 is 0 Å². The molecule has 3 heterocycles. The second-order valence-corrected chi connectivity index (χ2v) is 5.84. The Labute approximate surface area is 133 Å². The number of aromatic nitrogens is 1. The van der Waals surface area contributed by atoms with Crippen LogP contribution >= 0.6 is 0 Å². The van der Waals surface area contributed by atoms with Crippen LogP contribution in [0.2, 0.25) is 0 Å². The fraction of sp³-hybridized carbons (Fsp3) is 0.438. The number of carbonyl (C=O) groups excluding carboxylic acids is 2. The van der Waals surface area contributed by atoms with Crippen LogP contribution in [0.1, 0.15) is 29.1 Å². The second-order valence-electron chi connectivity index (χ2n) is 5.84. The molecule has 2 amide bonds. The van der Waals surface area contributed by atoms with Crippen molar-refractivity contribution in [2.45, 2.75) is 25.3 Å². The van der Waals surface area contributed by atoms with Crippen molar-refractivity contribution in [3.05, 3.63) is 29.7 Å². The molecule has 3 rings (SSSR count). The molecule has 1 aliphatic rings. The van der Waals surface area contributed by atoms with E-state index in [9.17, 15) is 9.59 Å². The van der Waals surface area contributed by atoms with Crippen LogP contribution < -0.4 is 5.73 Å². The van der Waals surface area contributed by atoms with Crippen LogP contribution in [-0.4, -0.2) is 47.5 Å². The van der Waals surface area contributed by atoms with Crippen LogP contribution in [0, 0.1) is 6.92 Å². The highest BCUT2D eigenvalue weighted by Crippen LogP contribution is 2.32. The quantitative estimate of drug-likeness (QED) is 0.915. The lowest BCUT2D eigenvalue weighted by Gasteiger charge is -2.34. The Morgan fingerprint density at radius 1 is 1.48 bits per heavy atom. The normalized spacial score (nSPS) is 21.0. The minimum Gasteiger partial charge on any atom is -0.449 e. The van der Waals surface area contributed by atoms with Gasteiger partial charge in [0.15, 0.2) is 11.3 Å². The molecular weight excluding hydrogens is 298 g/mol. The van der Waals surface area contributed by atoms with E-state index in [0.717, 1.165) is 5.69 Å². The van der Waals surface area contributed by atoms with Crippen molar-refractivity contribution < 1.29 is 18.7 Å². The van der Waals surface area contributed by atoms with Crippen molar-refractivity contribution in [2.75, 3.05) is 20.3 Å². The number of nitrogens with zero attached hydrogens (tertiary/aromatic N) is 2. The van der Waals surface area contributed by atoms with Gasteiger partial charge in [0, 0.05) is 25.4 Å². The molecule has 1 unspecified atom stereocenters. The number of hydrogen-bond donors (Lipinski definition) is 1. The summed E-state index contributed by atoms with van der Waals surface area (Å²) in [4.78, 5) is 30.6. The van der Waals surface area contributed by atoms with Gasteiger partial charge in [0.05, 0.1) is 6.61 Å². The molecule has 2 aromatic rings. The first-order valence-electron chi connectivity index (χ1n) is 7.46. The summed E-state index contributed by atoms with van der Waals surface area (Å²) in [5, 5.41) is 0. The van der Waals surface area contributed by atoms with E-state index in [2.05, 4.69) is 4.98 Å². The topological polar surface area (TPSA) is 98.7 Å². The first-order valence-corrected chi connectivity index (χ1v) is 7.46. The van der Waals surface area contributed by atoms with E-state index in [1.165, 1.54) is 12.0 Å². The number of primary amides is 1. The summed E-state index contributed by atoms with van der Waals surface area (Å²) in [6.07, 6.45) is 1.18. The lowest BCUT2D eigenvalue weighted by Crippen LogP contribution is -2.58. The van der Waals surface area contributed by atoms with E-state index >= 15 is 0 Å².